The normalized spacial score (nSPS) is 9.67. The maximum absolute atomic E-state index is 11.0. The van der Waals surface area contributed by atoms with Crippen LogP contribution in [0, 0.1) is 0 Å². The van der Waals surface area contributed by atoms with E-state index in [4.69, 9.17) is 4.74 Å². The van der Waals surface area contributed by atoms with Crippen LogP contribution in [-0.2, 0) is 4.74 Å². The highest BCUT2D eigenvalue weighted by Gasteiger charge is 2.06. The van der Waals surface area contributed by atoms with Crippen LogP contribution >= 0.6 is 0 Å². The number of ether oxygens (including phenoxy) is 2. The first-order valence-corrected chi connectivity index (χ1v) is 4.62. The number of hydrogen-bond donors (Lipinski definition) is 1. The molecular weight excluding hydrogens is 200 g/mol. The van der Waals surface area contributed by atoms with Crippen LogP contribution < -0.4 is 10.3 Å². The van der Waals surface area contributed by atoms with Crippen molar-refractivity contribution in [2.75, 3.05) is 6.61 Å². The number of nitrogens with one attached hydrogen (secondary N) is 1. The first kappa shape index (κ1) is 11.2. The van der Waals surface area contributed by atoms with Crippen LogP contribution in [-0.4, -0.2) is 23.0 Å². The zero-order valence-corrected chi connectivity index (χ0v) is 8.36. The molecular formula is C9H12N2O4. The van der Waals surface area contributed by atoms with Crippen molar-refractivity contribution in [3.63, 3.8) is 0 Å². The van der Waals surface area contributed by atoms with E-state index in [1.165, 1.54) is 12.1 Å². The minimum absolute atomic E-state index is 0.0103. The van der Waals surface area contributed by atoms with E-state index in [9.17, 15) is 9.59 Å². The van der Waals surface area contributed by atoms with Crippen molar-refractivity contribution in [1.82, 2.24) is 10.2 Å². The third-order valence-corrected chi connectivity index (χ3v) is 1.56. The lowest BCUT2D eigenvalue weighted by Crippen LogP contribution is -2.14. The van der Waals surface area contributed by atoms with Crippen LogP contribution in [0.3, 0.4) is 0 Å². The van der Waals surface area contributed by atoms with Crippen molar-refractivity contribution in [1.29, 1.82) is 0 Å². The van der Waals surface area contributed by atoms with E-state index >= 15 is 0 Å². The van der Waals surface area contributed by atoms with Crippen molar-refractivity contribution < 1.29 is 14.3 Å². The highest BCUT2D eigenvalue weighted by molar-refractivity contribution is 5.62. The van der Waals surface area contributed by atoms with E-state index in [1.807, 2.05) is 6.92 Å². The fourth-order valence-corrected chi connectivity index (χ4v) is 0.803. The van der Waals surface area contributed by atoms with Gasteiger partial charge in [0.05, 0.1) is 6.61 Å². The van der Waals surface area contributed by atoms with E-state index in [0.29, 0.717) is 6.61 Å². The summed E-state index contributed by atoms with van der Waals surface area (Å²) in [5.41, 5.74) is -0.360. The Labute approximate surface area is 86.2 Å². The van der Waals surface area contributed by atoms with Gasteiger partial charge >= 0.3 is 6.16 Å². The van der Waals surface area contributed by atoms with Crippen molar-refractivity contribution in [3.8, 4) is 5.88 Å². The van der Waals surface area contributed by atoms with Crippen LogP contribution in [0.15, 0.2) is 16.9 Å². The van der Waals surface area contributed by atoms with Gasteiger partial charge in [-0.1, -0.05) is 13.3 Å². The van der Waals surface area contributed by atoms with Crippen molar-refractivity contribution >= 4 is 6.16 Å². The summed E-state index contributed by atoms with van der Waals surface area (Å²) in [6.07, 6.45) is 0.904. The van der Waals surface area contributed by atoms with Gasteiger partial charge in [0, 0.05) is 12.1 Å². The summed E-state index contributed by atoms with van der Waals surface area (Å²) < 4.78 is 9.40. The van der Waals surface area contributed by atoms with Gasteiger partial charge in [0.25, 0.3) is 5.56 Å². The molecule has 6 nitrogen and oxygen atoms in total. The Morgan fingerprint density at radius 3 is 2.93 bits per heavy atom. The van der Waals surface area contributed by atoms with E-state index in [-0.39, 0.29) is 11.4 Å². The van der Waals surface area contributed by atoms with Crippen molar-refractivity contribution in [2.24, 2.45) is 0 Å². The molecule has 1 heterocycles. The zero-order chi connectivity index (χ0) is 11.1. The van der Waals surface area contributed by atoms with Gasteiger partial charge in [-0.3, -0.25) is 4.79 Å². The summed E-state index contributed by atoms with van der Waals surface area (Å²) in [4.78, 5) is 21.6. The second kappa shape index (κ2) is 5.79. The Balaban J connectivity index is 2.37. The molecule has 15 heavy (non-hydrogen) atoms. The number of nitrogens with zero attached hydrogens (tertiary/aromatic N) is 1. The monoisotopic (exact) mass is 212 g/mol. The Hall–Kier alpha value is -1.85. The molecule has 0 amide bonds. The standard InChI is InChI=1S/C9H12N2O4/c1-2-3-6-14-9(13)15-8-5-4-7(12)10-11-8/h4-5H,2-3,6H2,1H3,(H,10,12). The Bertz CT molecular complexity index is 354. The minimum Gasteiger partial charge on any atom is -0.434 e. The first-order chi connectivity index (χ1) is 7.22. The van der Waals surface area contributed by atoms with Crippen molar-refractivity contribution in [3.05, 3.63) is 22.5 Å². The second-order valence-corrected chi connectivity index (χ2v) is 2.81. The summed E-state index contributed by atoms with van der Waals surface area (Å²) >= 11 is 0. The third-order valence-electron chi connectivity index (χ3n) is 1.56. The van der Waals surface area contributed by atoms with Crippen LogP contribution in [0.5, 0.6) is 5.88 Å². The highest BCUT2D eigenvalue weighted by Crippen LogP contribution is 2.01. The fraction of sp³-hybridized carbons (Fsp3) is 0.444. The van der Waals surface area contributed by atoms with Crippen LogP contribution in [0.4, 0.5) is 4.79 Å². The number of unbranched alkanes of at least 4 members (excludes halogenated alkanes) is 1. The van der Waals surface area contributed by atoms with E-state index in [1.54, 1.807) is 0 Å². The number of hydrogen-bond acceptors (Lipinski definition) is 5. The van der Waals surface area contributed by atoms with Gasteiger partial charge in [-0.15, -0.1) is 5.10 Å². The topological polar surface area (TPSA) is 81.3 Å². The average molecular weight is 212 g/mol. The second-order valence-electron chi connectivity index (χ2n) is 2.81. The molecule has 0 saturated heterocycles. The first-order valence-electron chi connectivity index (χ1n) is 4.62. The highest BCUT2D eigenvalue weighted by atomic mass is 16.7. The number of aromatic nitrogens is 2. The molecule has 0 aliphatic heterocycles. The molecule has 0 fully saturated rings. The molecule has 0 unspecified atom stereocenters. The van der Waals surface area contributed by atoms with E-state index in [2.05, 4.69) is 14.9 Å². The van der Waals surface area contributed by atoms with Gasteiger partial charge in [-0.2, -0.15) is 0 Å². The molecule has 6 heteroatoms. The maximum atomic E-state index is 11.0. The van der Waals surface area contributed by atoms with Gasteiger partial charge in [0.1, 0.15) is 0 Å². The molecule has 82 valence electrons. The zero-order valence-electron chi connectivity index (χ0n) is 8.36. The predicted molar refractivity (Wildman–Crippen MR) is 51.7 cm³/mol. The molecule has 0 aliphatic rings. The SMILES string of the molecule is CCCCOC(=O)Oc1ccc(=O)[nH]n1. The van der Waals surface area contributed by atoms with Gasteiger partial charge < -0.3 is 9.47 Å². The van der Waals surface area contributed by atoms with Gasteiger partial charge in [-0.05, 0) is 6.42 Å². The molecule has 1 rings (SSSR count). The van der Waals surface area contributed by atoms with Crippen LogP contribution in [0.25, 0.3) is 0 Å². The molecule has 1 aromatic heterocycles. The third kappa shape index (κ3) is 4.26. The molecule has 0 spiro atoms. The molecule has 0 atom stereocenters. The minimum atomic E-state index is -0.817. The lowest BCUT2D eigenvalue weighted by molar-refractivity contribution is 0.0959. The molecule has 0 aromatic carbocycles. The number of rotatable bonds is 4. The van der Waals surface area contributed by atoms with Crippen LogP contribution in [0.2, 0.25) is 0 Å². The van der Waals surface area contributed by atoms with Crippen LogP contribution in [0.1, 0.15) is 19.8 Å². The van der Waals surface area contributed by atoms with E-state index < -0.39 is 6.16 Å². The van der Waals surface area contributed by atoms with E-state index in [0.717, 1.165) is 12.8 Å². The lowest BCUT2D eigenvalue weighted by Gasteiger charge is -2.03. The maximum Gasteiger partial charge on any atom is 0.515 e. The quantitative estimate of drug-likeness (QED) is 0.596. The number of carbonyl (C=O) groups excluding carboxylic acids is 1. The molecule has 1 N–H and O–H groups in total. The molecule has 0 aliphatic carbocycles. The molecule has 1 aromatic rings. The smallest absolute Gasteiger partial charge is 0.434 e. The summed E-state index contributed by atoms with van der Waals surface area (Å²) in [6, 6.07) is 2.50. The molecule has 0 bridgehead atoms. The fourth-order valence-electron chi connectivity index (χ4n) is 0.803. The average Bonchev–Trinajstić information content (AvgIpc) is 2.22. The van der Waals surface area contributed by atoms with Crippen molar-refractivity contribution in [2.45, 2.75) is 19.8 Å². The summed E-state index contributed by atoms with van der Waals surface area (Å²) in [7, 11) is 0. The Morgan fingerprint density at radius 1 is 1.53 bits per heavy atom. The Morgan fingerprint density at radius 2 is 2.33 bits per heavy atom. The van der Waals surface area contributed by atoms with Gasteiger partial charge in [0.2, 0.25) is 5.88 Å². The number of H-pyrrole nitrogens is 1. The summed E-state index contributed by atoms with van der Waals surface area (Å²) in [6.45, 7) is 2.30. The predicted octanol–water partition coefficient (Wildman–Crippen LogP) is 1.09. The lowest BCUT2D eigenvalue weighted by atomic mass is 10.4. The van der Waals surface area contributed by atoms with Gasteiger partial charge in [-0.25, -0.2) is 9.89 Å². The summed E-state index contributed by atoms with van der Waals surface area (Å²) in [5.74, 6) is 0.0103. The van der Waals surface area contributed by atoms with Gasteiger partial charge in [0.15, 0.2) is 0 Å². The molecule has 0 radical (unpaired) electrons. The molecule has 0 saturated carbocycles. The Kier molecular flexibility index (Phi) is 4.33. The summed E-state index contributed by atoms with van der Waals surface area (Å²) in [5, 5.41) is 5.62. The largest absolute Gasteiger partial charge is 0.515 e. The number of aromatic amines is 1. The number of carbonyl (C=O) groups is 1.